The molecular formula is C22H31N3O4. The molecular weight excluding hydrogens is 370 g/mol. The van der Waals surface area contributed by atoms with Crippen LogP contribution < -0.4 is 5.32 Å². The van der Waals surface area contributed by atoms with Crippen LogP contribution >= 0.6 is 0 Å². The molecule has 0 aromatic heterocycles. The molecule has 3 aliphatic heterocycles. The highest BCUT2D eigenvalue weighted by atomic mass is 16.5. The number of carbonyl (C=O) groups is 2. The molecule has 0 radical (unpaired) electrons. The summed E-state index contributed by atoms with van der Waals surface area (Å²) in [4.78, 5) is 29.6. The number of benzene rings is 1. The van der Waals surface area contributed by atoms with Gasteiger partial charge in [-0.1, -0.05) is 30.3 Å². The zero-order valence-electron chi connectivity index (χ0n) is 17.2. The third-order valence-electron chi connectivity index (χ3n) is 6.56. The molecule has 2 atom stereocenters. The Morgan fingerprint density at radius 3 is 2.45 bits per heavy atom. The summed E-state index contributed by atoms with van der Waals surface area (Å²) < 4.78 is 5.42. The molecule has 3 fully saturated rings. The van der Waals surface area contributed by atoms with Crippen LogP contribution in [0.3, 0.4) is 0 Å². The fraction of sp³-hybridized carbons (Fsp3) is 0.636. The maximum absolute atomic E-state index is 13.4. The van der Waals surface area contributed by atoms with E-state index in [2.05, 4.69) is 17.4 Å². The van der Waals surface area contributed by atoms with Crippen molar-refractivity contribution in [2.45, 2.75) is 50.2 Å². The molecule has 0 bridgehead atoms. The number of likely N-dealkylation sites (tertiary alicyclic amines) is 2. The minimum Gasteiger partial charge on any atom is -0.394 e. The lowest BCUT2D eigenvalue weighted by molar-refractivity contribution is -0.198. The largest absolute Gasteiger partial charge is 0.394 e. The van der Waals surface area contributed by atoms with Gasteiger partial charge in [-0.15, -0.1) is 0 Å². The monoisotopic (exact) mass is 401 g/mol. The third kappa shape index (κ3) is 3.40. The molecule has 3 aliphatic rings. The van der Waals surface area contributed by atoms with Crippen molar-refractivity contribution < 1.29 is 19.4 Å². The predicted octanol–water partition coefficient (Wildman–Crippen LogP) is 1.57. The van der Waals surface area contributed by atoms with E-state index in [0.717, 1.165) is 18.4 Å². The van der Waals surface area contributed by atoms with Crippen LogP contribution in [0, 0.1) is 5.92 Å². The van der Waals surface area contributed by atoms with Gasteiger partial charge in [0.15, 0.2) is 0 Å². The first kappa shape index (κ1) is 20.2. The van der Waals surface area contributed by atoms with E-state index in [4.69, 9.17) is 4.74 Å². The number of nitrogens with zero attached hydrogens (tertiary/aromatic N) is 2. The molecule has 1 aromatic carbocycles. The number of aliphatic hydroxyl groups excluding tert-OH is 1. The number of carbonyl (C=O) groups excluding carboxylic acids is 2. The van der Waals surface area contributed by atoms with E-state index < -0.39 is 5.54 Å². The van der Waals surface area contributed by atoms with E-state index in [9.17, 15) is 14.7 Å². The summed E-state index contributed by atoms with van der Waals surface area (Å²) in [6.45, 7) is 6.00. The predicted molar refractivity (Wildman–Crippen MR) is 108 cm³/mol. The van der Waals surface area contributed by atoms with E-state index in [1.54, 1.807) is 4.90 Å². The van der Waals surface area contributed by atoms with E-state index in [0.29, 0.717) is 26.3 Å². The van der Waals surface area contributed by atoms with Crippen LogP contribution in [0.1, 0.15) is 38.2 Å². The molecule has 2 N–H and O–H groups in total. The van der Waals surface area contributed by atoms with Gasteiger partial charge in [0, 0.05) is 44.2 Å². The highest BCUT2D eigenvalue weighted by Crippen LogP contribution is 2.54. The summed E-state index contributed by atoms with van der Waals surface area (Å²) in [7, 11) is 0. The van der Waals surface area contributed by atoms with Crippen molar-refractivity contribution in [2.75, 3.05) is 32.9 Å². The Labute approximate surface area is 172 Å². The Hall–Kier alpha value is -2.12. The number of rotatable bonds is 4. The van der Waals surface area contributed by atoms with Gasteiger partial charge in [0.1, 0.15) is 0 Å². The Balaban J connectivity index is 1.59. The average molecular weight is 402 g/mol. The maximum atomic E-state index is 13.4. The van der Waals surface area contributed by atoms with Crippen LogP contribution in [-0.4, -0.2) is 77.4 Å². The third-order valence-corrected chi connectivity index (χ3v) is 6.56. The smallest absolute Gasteiger partial charge is 0.317 e. The Morgan fingerprint density at radius 1 is 1.21 bits per heavy atom. The summed E-state index contributed by atoms with van der Waals surface area (Å²) in [5, 5.41) is 13.1. The summed E-state index contributed by atoms with van der Waals surface area (Å²) in [6, 6.07) is 9.79. The maximum Gasteiger partial charge on any atom is 0.317 e. The molecule has 3 amide bonds. The molecule has 29 heavy (non-hydrogen) atoms. The van der Waals surface area contributed by atoms with Crippen molar-refractivity contribution in [1.29, 1.82) is 0 Å². The first-order valence-electron chi connectivity index (χ1n) is 10.6. The van der Waals surface area contributed by atoms with Gasteiger partial charge in [0.25, 0.3) is 0 Å². The molecule has 0 aliphatic carbocycles. The summed E-state index contributed by atoms with van der Waals surface area (Å²) in [5.41, 5.74) is 0.685. The van der Waals surface area contributed by atoms with Crippen molar-refractivity contribution in [2.24, 2.45) is 5.92 Å². The van der Waals surface area contributed by atoms with Gasteiger partial charge in [-0.25, -0.2) is 4.79 Å². The number of urea groups is 1. The fourth-order valence-electron chi connectivity index (χ4n) is 5.25. The van der Waals surface area contributed by atoms with Crippen LogP contribution in [0.15, 0.2) is 30.3 Å². The van der Waals surface area contributed by atoms with Gasteiger partial charge in [-0.3, -0.25) is 4.79 Å². The SMILES string of the molecule is CC(C)NC(=O)N1CC2(C1)[C@@H](c1ccccc1)[C@@H](CO)N2C(=O)C1CCOCC1. The summed E-state index contributed by atoms with van der Waals surface area (Å²) in [6.07, 6.45) is 1.44. The molecule has 158 valence electrons. The van der Waals surface area contributed by atoms with Gasteiger partial charge < -0.3 is 25.0 Å². The molecule has 7 nitrogen and oxygen atoms in total. The quantitative estimate of drug-likeness (QED) is 0.803. The van der Waals surface area contributed by atoms with Gasteiger partial charge in [0.2, 0.25) is 5.91 Å². The molecule has 0 saturated carbocycles. The van der Waals surface area contributed by atoms with E-state index in [-0.39, 0.29) is 42.5 Å². The van der Waals surface area contributed by atoms with Crippen molar-refractivity contribution >= 4 is 11.9 Å². The minimum absolute atomic E-state index is 0.0283. The van der Waals surface area contributed by atoms with Crippen molar-refractivity contribution in [3.63, 3.8) is 0 Å². The van der Waals surface area contributed by atoms with Crippen LogP contribution in [0.25, 0.3) is 0 Å². The van der Waals surface area contributed by atoms with Crippen molar-refractivity contribution in [3.05, 3.63) is 35.9 Å². The van der Waals surface area contributed by atoms with Crippen molar-refractivity contribution in [3.8, 4) is 0 Å². The van der Waals surface area contributed by atoms with E-state index >= 15 is 0 Å². The summed E-state index contributed by atoms with van der Waals surface area (Å²) in [5.74, 6) is 0.0639. The Bertz CT molecular complexity index is 742. The standard InChI is InChI=1S/C22H31N3O4/c1-15(2)23-21(28)24-13-22(14-24)19(16-6-4-3-5-7-16)18(12-26)25(22)20(27)17-8-10-29-11-9-17/h3-7,15,17-19,26H,8-14H2,1-2H3,(H,23,28)/t18-,19+/m1/s1. The average Bonchev–Trinajstić information content (AvgIpc) is 2.67. The normalized spacial score (nSPS) is 26.2. The van der Waals surface area contributed by atoms with Gasteiger partial charge in [-0.2, -0.15) is 0 Å². The number of hydrogen-bond donors (Lipinski definition) is 2. The van der Waals surface area contributed by atoms with E-state index in [1.165, 1.54) is 0 Å². The van der Waals surface area contributed by atoms with E-state index in [1.807, 2.05) is 36.9 Å². The number of aliphatic hydroxyl groups is 1. The fourth-order valence-corrected chi connectivity index (χ4v) is 5.25. The molecule has 0 unspecified atom stereocenters. The second kappa shape index (κ2) is 7.95. The summed E-state index contributed by atoms with van der Waals surface area (Å²) >= 11 is 0. The molecule has 1 aromatic rings. The molecule has 3 saturated heterocycles. The number of amides is 3. The lowest BCUT2D eigenvalue weighted by atomic mass is 9.60. The first-order chi connectivity index (χ1) is 14.0. The van der Waals surface area contributed by atoms with Crippen LogP contribution in [0.4, 0.5) is 4.79 Å². The Kier molecular flexibility index (Phi) is 5.53. The van der Waals surface area contributed by atoms with Gasteiger partial charge >= 0.3 is 6.03 Å². The lowest BCUT2D eigenvalue weighted by Crippen LogP contribution is -2.86. The molecule has 1 spiro atoms. The molecule has 3 heterocycles. The van der Waals surface area contributed by atoms with Gasteiger partial charge in [-0.05, 0) is 32.3 Å². The van der Waals surface area contributed by atoms with Crippen LogP contribution in [0.2, 0.25) is 0 Å². The van der Waals surface area contributed by atoms with Gasteiger partial charge in [0.05, 0.1) is 18.2 Å². The highest BCUT2D eigenvalue weighted by Gasteiger charge is 2.68. The topological polar surface area (TPSA) is 82.1 Å². The minimum atomic E-state index is -0.432. The van der Waals surface area contributed by atoms with Crippen molar-refractivity contribution in [1.82, 2.24) is 15.1 Å². The Morgan fingerprint density at radius 2 is 1.86 bits per heavy atom. The lowest BCUT2D eigenvalue weighted by Gasteiger charge is -2.70. The number of hydrogen-bond acceptors (Lipinski definition) is 4. The molecule has 7 heteroatoms. The molecule has 4 rings (SSSR count). The first-order valence-corrected chi connectivity index (χ1v) is 10.6. The van der Waals surface area contributed by atoms with Crippen LogP contribution in [-0.2, 0) is 9.53 Å². The highest BCUT2D eigenvalue weighted by molar-refractivity contribution is 5.84. The zero-order chi connectivity index (χ0) is 20.6. The second-order valence-electron chi connectivity index (χ2n) is 8.80. The second-order valence-corrected chi connectivity index (χ2v) is 8.80. The zero-order valence-corrected chi connectivity index (χ0v) is 17.2. The number of ether oxygens (including phenoxy) is 1. The number of nitrogens with one attached hydrogen (secondary N) is 1. The van der Waals surface area contributed by atoms with Crippen LogP contribution in [0.5, 0.6) is 0 Å².